The molecule has 1 aromatic heterocycles. The molecule has 1 aliphatic heterocycles. The summed E-state index contributed by atoms with van der Waals surface area (Å²) in [5, 5.41) is 0. The molecule has 6 heteroatoms. The second-order valence-corrected chi connectivity index (χ2v) is 4.38. The van der Waals surface area contributed by atoms with E-state index in [-0.39, 0.29) is 12.0 Å². The van der Waals surface area contributed by atoms with Crippen molar-refractivity contribution >= 4 is 11.8 Å². The Morgan fingerprint density at radius 1 is 1.47 bits per heavy atom. The van der Waals surface area contributed by atoms with E-state index in [0.29, 0.717) is 18.3 Å². The van der Waals surface area contributed by atoms with Crippen molar-refractivity contribution in [3.8, 4) is 5.88 Å². The van der Waals surface area contributed by atoms with Crippen molar-refractivity contribution in [2.45, 2.75) is 32.2 Å². The molecule has 0 radical (unpaired) electrons. The highest BCUT2D eigenvalue weighted by atomic mass is 16.5. The van der Waals surface area contributed by atoms with E-state index in [1.165, 1.54) is 6.33 Å². The van der Waals surface area contributed by atoms with E-state index in [4.69, 9.17) is 9.47 Å². The summed E-state index contributed by atoms with van der Waals surface area (Å²) in [6, 6.07) is 1.49. The first kappa shape index (κ1) is 13.6. The van der Waals surface area contributed by atoms with Gasteiger partial charge in [-0.25, -0.2) is 14.8 Å². The van der Waals surface area contributed by atoms with Crippen LogP contribution in [0.4, 0.5) is 5.82 Å². The summed E-state index contributed by atoms with van der Waals surface area (Å²) in [4.78, 5) is 22.2. The zero-order chi connectivity index (χ0) is 13.7. The third-order valence-electron chi connectivity index (χ3n) is 3.19. The monoisotopic (exact) mass is 265 g/mol. The molecule has 1 aliphatic rings. The fourth-order valence-corrected chi connectivity index (χ4v) is 2.29. The highest BCUT2D eigenvalue weighted by Crippen LogP contribution is 2.25. The SMILES string of the molecule is CCOC(=O)C1CCCCN1c1cc(OC)ncn1. The molecule has 1 fully saturated rings. The number of ether oxygens (including phenoxy) is 2. The predicted molar refractivity (Wildman–Crippen MR) is 70.2 cm³/mol. The third-order valence-corrected chi connectivity index (χ3v) is 3.19. The molecule has 19 heavy (non-hydrogen) atoms. The summed E-state index contributed by atoms with van der Waals surface area (Å²) in [7, 11) is 1.56. The lowest BCUT2D eigenvalue weighted by molar-refractivity contribution is -0.145. The van der Waals surface area contributed by atoms with Crippen molar-refractivity contribution in [3.63, 3.8) is 0 Å². The van der Waals surface area contributed by atoms with E-state index in [1.807, 2.05) is 11.8 Å². The Kier molecular flexibility index (Phi) is 4.54. The largest absolute Gasteiger partial charge is 0.481 e. The molecular weight excluding hydrogens is 246 g/mol. The second kappa shape index (κ2) is 6.36. The van der Waals surface area contributed by atoms with Gasteiger partial charge in [-0.15, -0.1) is 0 Å². The zero-order valence-corrected chi connectivity index (χ0v) is 11.3. The standard InChI is InChI=1S/C13H19N3O3/c1-3-19-13(17)10-6-4-5-7-16(10)11-8-12(18-2)15-9-14-11/h8-10H,3-7H2,1-2H3. The van der Waals surface area contributed by atoms with Gasteiger partial charge in [0.15, 0.2) is 0 Å². The van der Waals surface area contributed by atoms with Crippen LogP contribution in [-0.4, -0.2) is 42.2 Å². The summed E-state index contributed by atoms with van der Waals surface area (Å²) in [6.45, 7) is 3.01. The number of hydrogen-bond acceptors (Lipinski definition) is 6. The van der Waals surface area contributed by atoms with Crippen molar-refractivity contribution in [3.05, 3.63) is 12.4 Å². The minimum absolute atomic E-state index is 0.181. The molecule has 0 spiro atoms. The number of carbonyl (C=O) groups is 1. The van der Waals surface area contributed by atoms with Crippen LogP contribution in [0.5, 0.6) is 5.88 Å². The highest BCUT2D eigenvalue weighted by molar-refractivity contribution is 5.80. The Morgan fingerprint density at radius 2 is 2.32 bits per heavy atom. The number of piperidine rings is 1. The van der Waals surface area contributed by atoms with Crippen LogP contribution in [0.15, 0.2) is 12.4 Å². The maximum atomic E-state index is 12.0. The first-order valence-electron chi connectivity index (χ1n) is 6.55. The van der Waals surface area contributed by atoms with Crippen LogP contribution in [0.2, 0.25) is 0 Å². The zero-order valence-electron chi connectivity index (χ0n) is 11.3. The number of nitrogens with zero attached hydrogens (tertiary/aromatic N) is 3. The lowest BCUT2D eigenvalue weighted by atomic mass is 10.0. The lowest BCUT2D eigenvalue weighted by Gasteiger charge is -2.34. The van der Waals surface area contributed by atoms with Gasteiger partial charge >= 0.3 is 5.97 Å². The summed E-state index contributed by atoms with van der Waals surface area (Å²) in [5.74, 6) is 1.03. The van der Waals surface area contributed by atoms with E-state index >= 15 is 0 Å². The molecule has 0 aromatic carbocycles. The number of carbonyl (C=O) groups excluding carboxylic acids is 1. The Morgan fingerprint density at radius 3 is 3.05 bits per heavy atom. The van der Waals surface area contributed by atoms with Gasteiger partial charge in [0.2, 0.25) is 5.88 Å². The maximum Gasteiger partial charge on any atom is 0.328 e. The summed E-state index contributed by atoms with van der Waals surface area (Å²) < 4.78 is 10.2. The van der Waals surface area contributed by atoms with Gasteiger partial charge in [0, 0.05) is 12.6 Å². The molecule has 0 amide bonds. The molecule has 6 nitrogen and oxygen atoms in total. The number of methoxy groups -OCH3 is 1. The van der Waals surface area contributed by atoms with E-state index in [2.05, 4.69) is 9.97 Å². The lowest BCUT2D eigenvalue weighted by Crippen LogP contribution is -2.46. The first-order chi connectivity index (χ1) is 9.26. The Bertz CT molecular complexity index is 439. The van der Waals surface area contributed by atoms with Gasteiger partial charge in [-0.1, -0.05) is 0 Å². The fraction of sp³-hybridized carbons (Fsp3) is 0.615. The first-order valence-corrected chi connectivity index (χ1v) is 6.55. The Hall–Kier alpha value is -1.85. The number of anilines is 1. The van der Waals surface area contributed by atoms with Crippen LogP contribution in [0.3, 0.4) is 0 Å². The summed E-state index contributed by atoms with van der Waals surface area (Å²) in [6.07, 6.45) is 4.32. The molecule has 104 valence electrons. The van der Waals surface area contributed by atoms with Crippen molar-refractivity contribution in [1.82, 2.24) is 9.97 Å². The minimum atomic E-state index is -0.256. The van der Waals surface area contributed by atoms with E-state index in [0.717, 1.165) is 25.8 Å². The van der Waals surface area contributed by atoms with Crippen molar-refractivity contribution in [1.29, 1.82) is 0 Å². The third kappa shape index (κ3) is 3.13. The van der Waals surface area contributed by atoms with Crippen LogP contribution in [0, 0.1) is 0 Å². The second-order valence-electron chi connectivity index (χ2n) is 4.38. The van der Waals surface area contributed by atoms with Gasteiger partial charge in [0.25, 0.3) is 0 Å². The smallest absolute Gasteiger partial charge is 0.328 e. The van der Waals surface area contributed by atoms with Crippen molar-refractivity contribution < 1.29 is 14.3 Å². The van der Waals surface area contributed by atoms with Crippen LogP contribution in [0.1, 0.15) is 26.2 Å². The summed E-state index contributed by atoms with van der Waals surface area (Å²) >= 11 is 0. The Balaban J connectivity index is 2.20. The molecule has 1 unspecified atom stereocenters. The molecule has 1 atom stereocenters. The topological polar surface area (TPSA) is 64.5 Å². The number of esters is 1. The highest BCUT2D eigenvalue weighted by Gasteiger charge is 2.30. The molecule has 2 rings (SSSR count). The van der Waals surface area contributed by atoms with E-state index < -0.39 is 0 Å². The van der Waals surface area contributed by atoms with Gasteiger partial charge < -0.3 is 14.4 Å². The van der Waals surface area contributed by atoms with Crippen molar-refractivity contribution in [2.75, 3.05) is 25.2 Å². The maximum absolute atomic E-state index is 12.0. The predicted octanol–water partition coefficient (Wildman–Crippen LogP) is 1.41. The molecule has 0 N–H and O–H groups in total. The summed E-state index contributed by atoms with van der Waals surface area (Å²) in [5.41, 5.74) is 0. The number of rotatable bonds is 4. The molecule has 0 bridgehead atoms. The molecule has 1 saturated heterocycles. The molecular formula is C13H19N3O3. The van der Waals surface area contributed by atoms with E-state index in [1.54, 1.807) is 13.2 Å². The quantitative estimate of drug-likeness (QED) is 0.767. The number of aromatic nitrogens is 2. The average molecular weight is 265 g/mol. The average Bonchev–Trinajstić information content (AvgIpc) is 2.47. The van der Waals surface area contributed by atoms with Crippen LogP contribution in [-0.2, 0) is 9.53 Å². The van der Waals surface area contributed by atoms with Gasteiger partial charge in [-0.3, -0.25) is 0 Å². The van der Waals surface area contributed by atoms with Gasteiger partial charge in [-0.05, 0) is 26.2 Å². The molecule has 1 aromatic rings. The van der Waals surface area contributed by atoms with Crippen LogP contribution in [0.25, 0.3) is 0 Å². The molecule has 0 aliphatic carbocycles. The van der Waals surface area contributed by atoms with Gasteiger partial charge in [0.05, 0.1) is 13.7 Å². The minimum Gasteiger partial charge on any atom is -0.481 e. The molecule has 0 saturated carbocycles. The van der Waals surface area contributed by atoms with Crippen LogP contribution >= 0.6 is 0 Å². The fourth-order valence-electron chi connectivity index (χ4n) is 2.29. The molecule has 2 heterocycles. The Labute approximate surface area is 112 Å². The normalized spacial score (nSPS) is 19.1. The van der Waals surface area contributed by atoms with E-state index in [9.17, 15) is 4.79 Å². The van der Waals surface area contributed by atoms with Crippen LogP contribution < -0.4 is 9.64 Å². The van der Waals surface area contributed by atoms with Gasteiger partial charge in [-0.2, -0.15) is 0 Å². The van der Waals surface area contributed by atoms with Gasteiger partial charge in [0.1, 0.15) is 18.2 Å². The van der Waals surface area contributed by atoms with Crippen molar-refractivity contribution in [2.24, 2.45) is 0 Å². The number of hydrogen-bond donors (Lipinski definition) is 0.